The summed E-state index contributed by atoms with van der Waals surface area (Å²) in [6.07, 6.45) is 5.32. The Morgan fingerprint density at radius 1 is 0.780 bits per heavy atom. The average Bonchev–Trinajstić information content (AvgIpc) is 4.03. The molecule has 4 aromatic rings. The van der Waals surface area contributed by atoms with Crippen molar-refractivity contribution in [3.63, 3.8) is 0 Å². The first-order chi connectivity index (χ1) is 28.4. The number of likely N-dealkylation sites (N-methyl/N-ethyl adjacent to an activating group) is 1. The van der Waals surface area contributed by atoms with Crippen LogP contribution in [0.1, 0.15) is 53.1 Å². The van der Waals surface area contributed by atoms with Crippen LogP contribution in [-0.4, -0.2) is 81.9 Å². The summed E-state index contributed by atoms with van der Waals surface area (Å²) < 4.78 is 11.0. The van der Waals surface area contributed by atoms with Crippen molar-refractivity contribution < 1.29 is 23.9 Å². The van der Waals surface area contributed by atoms with E-state index in [4.69, 9.17) is 9.47 Å². The molecule has 308 valence electrons. The van der Waals surface area contributed by atoms with E-state index in [1.807, 2.05) is 74.3 Å². The molecule has 4 aromatic carbocycles. The van der Waals surface area contributed by atoms with Gasteiger partial charge in [-0.05, 0) is 105 Å². The molecule has 4 aliphatic rings. The van der Waals surface area contributed by atoms with Gasteiger partial charge in [-0.3, -0.25) is 14.4 Å². The lowest BCUT2D eigenvalue weighted by atomic mass is 10.0. The van der Waals surface area contributed by atoms with Crippen LogP contribution in [0.5, 0.6) is 0 Å². The smallest absolute Gasteiger partial charge is 0.257 e. The highest BCUT2D eigenvalue weighted by molar-refractivity contribution is 6.32. The molecule has 0 saturated carbocycles. The first-order valence-electron chi connectivity index (χ1n) is 20.3. The number of hydrogen-bond acceptors (Lipinski definition) is 9. The second-order valence-electron chi connectivity index (χ2n) is 15.7. The van der Waals surface area contributed by atoms with E-state index in [-0.39, 0.29) is 30.1 Å². The molecule has 1 atom stereocenters. The molecule has 0 aliphatic carbocycles. The minimum Gasteiger partial charge on any atom is -0.374 e. The summed E-state index contributed by atoms with van der Waals surface area (Å²) in [4.78, 5) is 42.8. The van der Waals surface area contributed by atoms with Crippen molar-refractivity contribution in [3.05, 3.63) is 119 Å². The topological polar surface area (TPSA) is 128 Å². The van der Waals surface area contributed by atoms with Gasteiger partial charge in [-0.2, -0.15) is 0 Å². The maximum atomic E-state index is 12.4. The van der Waals surface area contributed by atoms with Crippen LogP contribution in [0.15, 0.2) is 85.2 Å². The van der Waals surface area contributed by atoms with Crippen molar-refractivity contribution in [2.75, 3.05) is 78.0 Å². The summed E-state index contributed by atoms with van der Waals surface area (Å²) in [6.45, 7) is 13.9. The number of amides is 3. The molecule has 0 radical (unpaired) electrons. The largest absolute Gasteiger partial charge is 0.374 e. The third-order valence-corrected chi connectivity index (χ3v) is 11.6. The first kappa shape index (κ1) is 41.1. The third kappa shape index (κ3) is 9.14. The SMILES string of the molecule is CC(=O)N(C)C1CCN(c2ccc(NC=C3C(=O)Nc4cccc(C)c43)cc2C)C1.Cc1cc(NC=C2C(=O)Nc3cccc(C)c32)ccc1N(C)CCC1OCCO1. The number of carbonyl (C=O) groups excluding carboxylic acids is 3. The Morgan fingerprint density at radius 2 is 1.34 bits per heavy atom. The van der Waals surface area contributed by atoms with Crippen LogP contribution in [-0.2, 0) is 23.9 Å². The standard InChI is InChI=1S/C24H28N4O2.C23H27N3O3/c1-15-6-5-7-21-23(15)20(24(30)26-21)13-25-18-8-9-22(16(2)12-18)28-11-10-19(14-28)27(4)17(3)29;1-15-5-4-6-19-22(15)18(23(27)25-19)14-24-17-7-8-20(16(2)13-17)26(3)10-9-21-28-11-12-29-21/h5-9,12-13,19,25H,10-11,14H2,1-4H3,(H,26,30);4-8,13-14,21,24H,9-12H2,1-3H3,(H,25,27). The van der Waals surface area contributed by atoms with E-state index in [1.165, 1.54) is 11.4 Å². The second-order valence-corrected chi connectivity index (χ2v) is 15.7. The normalized spacial score (nSPS) is 18.3. The molecule has 12 nitrogen and oxygen atoms in total. The van der Waals surface area contributed by atoms with Crippen LogP contribution >= 0.6 is 0 Å². The minimum atomic E-state index is -0.0887. The number of ether oxygens (including phenoxy) is 2. The maximum absolute atomic E-state index is 12.4. The number of nitrogens with one attached hydrogen (secondary N) is 4. The Morgan fingerprint density at radius 3 is 1.88 bits per heavy atom. The van der Waals surface area contributed by atoms with Gasteiger partial charge in [-0.15, -0.1) is 0 Å². The first-order valence-corrected chi connectivity index (χ1v) is 20.3. The van der Waals surface area contributed by atoms with Crippen molar-refractivity contribution in [3.8, 4) is 0 Å². The molecule has 8 rings (SSSR count). The van der Waals surface area contributed by atoms with Gasteiger partial charge in [0, 0.05) is 105 Å². The molecule has 4 N–H and O–H groups in total. The monoisotopic (exact) mass is 797 g/mol. The van der Waals surface area contributed by atoms with Crippen molar-refractivity contribution in [1.29, 1.82) is 0 Å². The van der Waals surface area contributed by atoms with Crippen LogP contribution in [0.3, 0.4) is 0 Å². The molecule has 12 heteroatoms. The predicted octanol–water partition coefficient (Wildman–Crippen LogP) is 7.67. The fourth-order valence-corrected chi connectivity index (χ4v) is 8.25. The summed E-state index contributed by atoms with van der Waals surface area (Å²) >= 11 is 0. The summed E-state index contributed by atoms with van der Waals surface area (Å²) in [5.41, 5.74) is 13.7. The van der Waals surface area contributed by atoms with Gasteiger partial charge in [0.1, 0.15) is 0 Å². The number of benzene rings is 4. The Hall–Kier alpha value is -6.11. The van der Waals surface area contributed by atoms with Gasteiger partial charge >= 0.3 is 0 Å². The van der Waals surface area contributed by atoms with E-state index in [1.54, 1.807) is 19.3 Å². The number of hydrogen-bond donors (Lipinski definition) is 4. The highest BCUT2D eigenvalue weighted by Gasteiger charge is 2.29. The van der Waals surface area contributed by atoms with Gasteiger partial charge in [0.05, 0.1) is 30.4 Å². The van der Waals surface area contributed by atoms with Crippen LogP contribution in [0.4, 0.5) is 34.1 Å². The Balaban J connectivity index is 0.000000179. The van der Waals surface area contributed by atoms with E-state index >= 15 is 0 Å². The van der Waals surface area contributed by atoms with Gasteiger partial charge in [-0.25, -0.2) is 0 Å². The number of rotatable bonds is 10. The molecule has 59 heavy (non-hydrogen) atoms. The van der Waals surface area contributed by atoms with Crippen LogP contribution in [0.2, 0.25) is 0 Å². The second kappa shape index (κ2) is 17.8. The Kier molecular flexibility index (Phi) is 12.4. The fourth-order valence-electron chi connectivity index (χ4n) is 8.25. The van der Waals surface area contributed by atoms with E-state index in [0.29, 0.717) is 24.4 Å². The van der Waals surface area contributed by atoms with Crippen molar-refractivity contribution >= 4 is 63.0 Å². The van der Waals surface area contributed by atoms with Crippen molar-refractivity contribution in [2.45, 2.75) is 59.8 Å². The van der Waals surface area contributed by atoms with Gasteiger partial charge in [0.15, 0.2) is 6.29 Å². The lowest BCUT2D eigenvalue weighted by Crippen LogP contribution is -2.37. The molecule has 4 aliphatic heterocycles. The predicted molar refractivity (Wildman–Crippen MR) is 238 cm³/mol. The highest BCUT2D eigenvalue weighted by Crippen LogP contribution is 2.36. The zero-order valence-electron chi connectivity index (χ0n) is 35.1. The molecule has 0 bridgehead atoms. The van der Waals surface area contributed by atoms with E-state index in [0.717, 1.165) is 88.6 Å². The molecular weight excluding hydrogens is 743 g/mol. The zero-order chi connectivity index (χ0) is 41.8. The number of anilines is 6. The van der Waals surface area contributed by atoms with Crippen LogP contribution in [0, 0.1) is 27.7 Å². The van der Waals surface area contributed by atoms with E-state index < -0.39 is 0 Å². The summed E-state index contributed by atoms with van der Waals surface area (Å²) in [7, 11) is 3.96. The van der Waals surface area contributed by atoms with Gasteiger partial charge in [-0.1, -0.05) is 24.3 Å². The number of nitrogens with zero attached hydrogens (tertiary/aromatic N) is 3. The molecule has 1 unspecified atom stereocenters. The Labute approximate surface area is 347 Å². The minimum absolute atomic E-state index is 0.0776. The lowest BCUT2D eigenvalue weighted by molar-refractivity contribution is -0.129. The molecular formula is C47H55N7O5. The third-order valence-electron chi connectivity index (χ3n) is 11.6. The molecule has 4 heterocycles. The van der Waals surface area contributed by atoms with Gasteiger partial charge in [0.25, 0.3) is 11.8 Å². The molecule has 3 amide bonds. The average molecular weight is 798 g/mol. The summed E-state index contributed by atoms with van der Waals surface area (Å²) in [6, 6.07) is 24.5. The number of aryl methyl sites for hydroxylation is 4. The fraction of sp³-hybridized carbons (Fsp3) is 0.340. The molecule has 0 aromatic heterocycles. The summed E-state index contributed by atoms with van der Waals surface area (Å²) in [5, 5.41) is 12.4. The zero-order valence-corrected chi connectivity index (χ0v) is 35.1. The lowest BCUT2D eigenvalue weighted by Gasteiger charge is -2.25. The highest BCUT2D eigenvalue weighted by atomic mass is 16.7. The molecule has 2 fully saturated rings. The maximum Gasteiger partial charge on any atom is 0.257 e. The number of carbonyl (C=O) groups is 3. The quantitative estimate of drug-likeness (QED) is 0.120. The van der Waals surface area contributed by atoms with Crippen LogP contribution in [0.25, 0.3) is 11.1 Å². The molecule has 0 spiro atoms. The van der Waals surface area contributed by atoms with Crippen LogP contribution < -0.4 is 31.1 Å². The van der Waals surface area contributed by atoms with Gasteiger partial charge in [0.2, 0.25) is 5.91 Å². The Bertz CT molecular complexity index is 2310. The summed E-state index contributed by atoms with van der Waals surface area (Å²) in [5.74, 6) is -0.0528. The number of fused-ring (bicyclic) bond motifs is 2. The van der Waals surface area contributed by atoms with Crippen molar-refractivity contribution in [2.24, 2.45) is 0 Å². The van der Waals surface area contributed by atoms with E-state index in [2.05, 4.69) is 76.2 Å². The molecule has 2 saturated heterocycles. The van der Waals surface area contributed by atoms with Crippen molar-refractivity contribution in [1.82, 2.24) is 4.90 Å². The van der Waals surface area contributed by atoms with Gasteiger partial charge < -0.3 is 45.4 Å². The van der Waals surface area contributed by atoms with E-state index in [9.17, 15) is 14.4 Å².